The van der Waals surface area contributed by atoms with Gasteiger partial charge in [-0.2, -0.15) is 0 Å². The maximum absolute atomic E-state index is 12.9. The van der Waals surface area contributed by atoms with Crippen molar-refractivity contribution in [3.63, 3.8) is 0 Å². The van der Waals surface area contributed by atoms with E-state index in [4.69, 9.17) is 0 Å². The Morgan fingerprint density at radius 1 is 0.880 bits per heavy atom. The van der Waals surface area contributed by atoms with E-state index in [1.54, 1.807) is 45.0 Å². The van der Waals surface area contributed by atoms with Crippen LogP contribution in [0.25, 0.3) is 10.8 Å². The number of hydrogen-bond acceptors (Lipinski definition) is 4. The Hall–Kier alpha value is -0.993. The van der Waals surface area contributed by atoms with Gasteiger partial charge in [0.15, 0.2) is 6.29 Å². The van der Waals surface area contributed by atoms with Crippen LogP contribution < -0.4 is 0 Å². The zero-order valence-corrected chi connectivity index (χ0v) is 17.2. The van der Waals surface area contributed by atoms with Crippen LogP contribution in [-0.4, -0.2) is 39.3 Å². The largest absolute Gasteiger partial charge is 0.366 e. The molecule has 0 bridgehead atoms. The molecule has 2 N–H and O–H groups in total. The van der Waals surface area contributed by atoms with Crippen LogP contribution in [0.1, 0.15) is 41.5 Å². The first-order valence-electron chi connectivity index (χ1n) is 7.49. The van der Waals surface area contributed by atoms with Gasteiger partial charge in [0.1, 0.15) is 0 Å². The van der Waals surface area contributed by atoms with Crippen molar-refractivity contribution in [1.29, 1.82) is 0 Å². The number of nitrogens with zero attached hydrogens (tertiary/aromatic N) is 1. The van der Waals surface area contributed by atoms with Gasteiger partial charge in [0, 0.05) is 55.5 Å². The second-order valence-corrected chi connectivity index (χ2v) is 6.91. The van der Waals surface area contributed by atoms with Gasteiger partial charge in [0.25, 0.3) is 11.8 Å². The van der Waals surface area contributed by atoms with Crippen molar-refractivity contribution in [3.8, 4) is 0 Å². The average molecular weight is 519 g/mol. The molecule has 5 nitrogen and oxygen atoms in total. The maximum Gasteiger partial charge on any atom is 0.261 e. The standard InChI is InChI=1S/C18H19NO4.2Rh/c1-18(2,3)14(17(22)23)19-15(20)11-8-4-6-10-7-5-9-12(13(10)11)16(19)21;;/h4-9,14,17,22-23H,1-3H3;;/t14-;;/m1../s1. The zero-order chi connectivity index (χ0) is 16.9. The predicted octanol–water partition coefficient (Wildman–Crippen LogP) is 2.16. The van der Waals surface area contributed by atoms with Crippen molar-refractivity contribution < 1.29 is 58.8 Å². The quantitative estimate of drug-likeness (QED) is 0.363. The Morgan fingerprint density at radius 3 is 1.68 bits per heavy atom. The first kappa shape index (κ1) is 22.0. The summed E-state index contributed by atoms with van der Waals surface area (Å²) in [7, 11) is 0. The van der Waals surface area contributed by atoms with Gasteiger partial charge in [-0.05, 0) is 22.9 Å². The number of carbonyl (C=O) groups is 2. The molecule has 25 heavy (non-hydrogen) atoms. The Morgan fingerprint density at radius 2 is 1.32 bits per heavy atom. The Balaban J connectivity index is 0.00000156. The van der Waals surface area contributed by atoms with Crippen LogP contribution in [0.5, 0.6) is 0 Å². The summed E-state index contributed by atoms with van der Waals surface area (Å²) in [5.41, 5.74) is 0.139. The van der Waals surface area contributed by atoms with Gasteiger partial charge in [0.05, 0.1) is 6.04 Å². The summed E-state index contributed by atoms with van der Waals surface area (Å²) in [5.74, 6) is -0.986. The summed E-state index contributed by atoms with van der Waals surface area (Å²) in [6.07, 6.45) is -1.81. The molecule has 2 aromatic rings. The van der Waals surface area contributed by atoms with E-state index < -0.39 is 29.6 Å². The molecule has 0 saturated heterocycles. The number of imide groups is 1. The predicted molar refractivity (Wildman–Crippen MR) is 85.9 cm³/mol. The summed E-state index contributed by atoms with van der Waals surface area (Å²) in [6.45, 7) is 5.29. The van der Waals surface area contributed by atoms with Crippen LogP contribution in [0.2, 0.25) is 0 Å². The van der Waals surface area contributed by atoms with Crippen molar-refractivity contribution in [2.45, 2.75) is 33.1 Å². The molecule has 7 heteroatoms. The number of aliphatic hydroxyl groups is 2. The second-order valence-electron chi connectivity index (χ2n) is 6.91. The second kappa shape index (κ2) is 7.71. The van der Waals surface area contributed by atoms with E-state index >= 15 is 0 Å². The molecule has 138 valence electrons. The molecule has 0 unspecified atom stereocenters. The van der Waals surface area contributed by atoms with Gasteiger partial charge < -0.3 is 10.2 Å². The summed E-state index contributed by atoms with van der Waals surface area (Å²) in [6, 6.07) is 9.50. The van der Waals surface area contributed by atoms with E-state index in [1.807, 2.05) is 12.1 Å². The minimum absolute atomic E-state index is 0. The Bertz CT molecular complexity index is 764. The van der Waals surface area contributed by atoms with E-state index in [9.17, 15) is 19.8 Å². The summed E-state index contributed by atoms with van der Waals surface area (Å²) >= 11 is 0. The van der Waals surface area contributed by atoms with Crippen molar-refractivity contribution in [1.82, 2.24) is 4.90 Å². The van der Waals surface area contributed by atoms with E-state index in [-0.39, 0.29) is 39.0 Å². The summed E-state index contributed by atoms with van der Waals surface area (Å²) in [4.78, 5) is 26.8. The number of aliphatic hydroxyl groups excluding tert-OH is 1. The van der Waals surface area contributed by atoms with Gasteiger partial charge in [0.2, 0.25) is 0 Å². The van der Waals surface area contributed by atoms with Crippen LogP contribution in [0.15, 0.2) is 36.4 Å². The fourth-order valence-corrected chi connectivity index (χ4v) is 3.27. The molecule has 2 amide bonds. The van der Waals surface area contributed by atoms with Gasteiger partial charge in [-0.3, -0.25) is 14.5 Å². The van der Waals surface area contributed by atoms with Crippen molar-refractivity contribution in [2.75, 3.05) is 0 Å². The molecule has 1 atom stereocenters. The van der Waals surface area contributed by atoms with Crippen LogP contribution >= 0.6 is 0 Å². The molecule has 1 aliphatic rings. The molecule has 0 spiro atoms. The fraction of sp³-hybridized carbons (Fsp3) is 0.333. The fourth-order valence-electron chi connectivity index (χ4n) is 3.27. The number of amides is 2. The van der Waals surface area contributed by atoms with Crippen molar-refractivity contribution >= 4 is 22.6 Å². The molecule has 1 aliphatic heterocycles. The van der Waals surface area contributed by atoms with Gasteiger partial charge in [-0.15, -0.1) is 0 Å². The van der Waals surface area contributed by atoms with Gasteiger partial charge in [-0.1, -0.05) is 45.0 Å². The molecule has 0 saturated carbocycles. The van der Waals surface area contributed by atoms with Crippen LogP contribution in [0, 0.1) is 5.41 Å². The van der Waals surface area contributed by atoms with E-state index in [1.165, 1.54) is 0 Å². The molecular formula is C18H19NO4Rh2. The van der Waals surface area contributed by atoms with Crippen LogP contribution in [-0.2, 0) is 39.0 Å². The molecule has 0 aromatic heterocycles. The number of carbonyl (C=O) groups excluding carboxylic acids is 2. The minimum atomic E-state index is -1.81. The average Bonchev–Trinajstić information content (AvgIpc) is 2.47. The molecule has 2 radical (unpaired) electrons. The third-order valence-corrected chi connectivity index (χ3v) is 4.25. The summed E-state index contributed by atoms with van der Waals surface area (Å²) in [5, 5.41) is 21.0. The van der Waals surface area contributed by atoms with Crippen molar-refractivity contribution in [2.24, 2.45) is 5.41 Å². The van der Waals surface area contributed by atoms with Gasteiger partial charge in [-0.25, -0.2) is 0 Å². The van der Waals surface area contributed by atoms with E-state index in [0.717, 1.165) is 10.3 Å². The molecule has 0 aliphatic carbocycles. The maximum atomic E-state index is 12.9. The molecule has 0 fully saturated rings. The number of hydrogen-bond donors (Lipinski definition) is 2. The van der Waals surface area contributed by atoms with Crippen LogP contribution in [0.3, 0.4) is 0 Å². The third-order valence-electron chi connectivity index (χ3n) is 4.25. The van der Waals surface area contributed by atoms with Crippen molar-refractivity contribution in [3.05, 3.63) is 47.5 Å². The molecule has 2 aromatic carbocycles. The Labute approximate surface area is 171 Å². The van der Waals surface area contributed by atoms with Crippen LogP contribution in [0.4, 0.5) is 0 Å². The monoisotopic (exact) mass is 519 g/mol. The first-order chi connectivity index (χ1) is 10.7. The third kappa shape index (κ3) is 3.61. The summed E-state index contributed by atoms with van der Waals surface area (Å²) < 4.78 is 0. The smallest absolute Gasteiger partial charge is 0.261 e. The SMILES string of the molecule is CC(C)(C)[C@@H](C(O)O)N1C(=O)c2cccc3cccc(c23)C1=O.[Rh].[Rh]. The zero-order valence-electron chi connectivity index (χ0n) is 13.9. The first-order valence-corrected chi connectivity index (χ1v) is 7.49. The topological polar surface area (TPSA) is 77.8 Å². The number of benzene rings is 2. The van der Waals surface area contributed by atoms with Gasteiger partial charge >= 0.3 is 0 Å². The molecular weight excluding hydrogens is 500 g/mol. The molecule has 3 rings (SSSR count). The Kier molecular flexibility index (Phi) is 6.80. The minimum Gasteiger partial charge on any atom is -0.366 e. The van der Waals surface area contributed by atoms with E-state index in [2.05, 4.69) is 0 Å². The number of rotatable bonds is 2. The van der Waals surface area contributed by atoms with E-state index in [0.29, 0.717) is 16.5 Å². The molecule has 1 heterocycles. The normalized spacial score (nSPS) is 15.0.